The zero-order valence-electron chi connectivity index (χ0n) is 15.1. The number of amides is 1. The maximum atomic E-state index is 13.2. The first-order chi connectivity index (χ1) is 13.5. The van der Waals surface area contributed by atoms with Gasteiger partial charge < -0.3 is 0 Å². The van der Waals surface area contributed by atoms with Crippen molar-refractivity contribution in [1.29, 1.82) is 0 Å². The van der Waals surface area contributed by atoms with Gasteiger partial charge in [0.15, 0.2) is 4.32 Å². The van der Waals surface area contributed by atoms with Gasteiger partial charge in [-0.2, -0.15) is 5.10 Å². The van der Waals surface area contributed by atoms with Gasteiger partial charge in [0, 0.05) is 17.5 Å². The number of halogens is 1. The molecule has 2 aromatic heterocycles. The lowest BCUT2D eigenvalue weighted by Gasteiger charge is -2.13. The van der Waals surface area contributed by atoms with Crippen LogP contribution in [0.4, 0.5) is 10.1 Å². The Labute approximate surface area is 170 Å². The highest BCUT2D eigenvalue weighted by Gasteiger charge is 2.33. The molecule has 0 aliphatic carbocycles. The van der Waals surface area contributed by atoms with Crippen molar-refractivity contribution in [1.82, 2.24) is 14.8 Å². The molecule has 3 heterocycles. The molecule has 140 valence electrons. The van der Waals surface area contributed by atoms with Crippen LogP contribution in [0, 0.1) is 19.7 Å². The maximum absolute atomic E-state index is 13.2. The molecule has 1 aliphatic rings. The minimum atomic E-state index is -0.301. The van der Waals surface area contributed by atoms with E-state index in [0.29, 0.717) is 14.9 Å². The van der Waals surface area contributed by atoms with Gasteiger partial charge in [-0.05, 0) is 56.3 Å². The topological polar surface area (TPSA) is 51.0 Å². The number of rotatable bonds is 3. The second kappa shape index (κ2) is 7.29. The molecule has 0 radical (unpaired) electrons. The molecule has 1 amide bonds. The van der Waals surface area contributed by atoms with Crippen LogP contribution in [0.2, 0.25) is 0 Å². The van der Waals surface area contributed by atoms with Gasteiger partial charge in [-0.1, -0.05) is 24.0 Å². The number of aromatic nitrogens is 3. The summed E-state index contributed by atoms with van der Waals surface area (Å²) in [6, 6.07) is 9.68. The maximum Gasteiger partial charge on any atom is 0.270 e. The summed E-state index contributed by atoms with van der Waals surface area (Å²) < 4.78 is 15.4. The van der Waals surface area contributed by atoms with Crippen LogP contribution in [0.1, 0.15) is 17.0 Å². The number of carbonyl (C=O) groups is 1. The molecule has 0 unspecified atom stereocenters. The van der Waals surface area contributed by atoms with Gasteiger partial charge in [-0.15, -0.1) is 0 Å². The Morgan fingerprint density at radius 2 is 1.89 bits per heavy atom. The number of hydrogen-bond donors (Lipinski definition) is 0. The molecule has 5 nitrogen and oxygen atoms in total. The van der Waals surface area contributed by atoms with Gasteiger partial charge in [0.2, 0.25) is 0 Å². The van der Waals surface area contributed by atoms with Crippen molar-refractivity contribution in [3.8, 4) is 5.69 Å². The third-order valence-electron chi connectivity index (χ3n) is 4.39. The van der Waals surface area contributed by atoms with E-state index < -0.39 is 0 Å². The number of pyridine rings is 1. The average molecular weight is 410 g/mol. The summed E-state index contributed by atoms with van der Waals surface area (Å²) in [5.41, 5.74) is 3.87. The van der Waals surface area contributed by atoms with Crippen LogP contribution in [0.5, 0.6) is 0 Å². The SMILES string of the molecule is Cc1nn(-c2ccc(F)cc2)c(C)c1/C=C1\SC(=S)N(c2cccnc2)C1=O. The number of benzene rings is 1. The van der Waals surface area contributed by atoms with Gasteiger partial charge in [-0.3, -0.25) is 14.7 Å². The fraction of sp³-hybridized carbons (Fsp3) is 0.100. The molecular formula is C20H15FN4OS2. The van der Waals surface area contributed by atoms with Crippen molar-refractivity contribution in [2.75, 3.05) is 4.90 Å². The van der Waals surface area contributed by atoms with E-state index in [-0.39, 0.29) is 11.7 Å². The summed E-state index contributed by atoms with van der Waals surface area (Å²) in [6.07, 6.45) is 5.07. The molecule has 1 fully saturated rings. The van der Waals surface area contributed by atoms with E-state index in [4.69, 9.17) is 12.2 Å². The fourth-order valence-corrected chi connectivity index (χ4v) is 4.29. The zero-order chi connectivity index (χ0) is 19.8. The second-order valence-corrected chi connectivity index (χ2v) is 7.88. The molecule has 28 heavy (non-hydrogen) atoms. The monoisotopic (exact) mass is 410 g/mol. The van der Waals surface area contributed by atoms with Crippen LogP contribution in [-0.2, 0) is 4.79 Å². The molecule has 1 aliphatic heterocycles. The molecule has 1 aromatic carbocycles. The predicted molar refractivity (Wildman–Crippen MR) is 113 cm³/mol. The van der Waals surface area contributed by atoms with Crippen molar-refractivity contribution >= 4 is 46.0 Å². The number of thioether (sulfide) groups is 1. The number of aryl methyl sites for hydroxylation is 1. The van der Waals surface area contributed by atoms with Crippen LogP contribution in [-0.4, -0.2) is 25.0 Å². The lowest BCUT2D eigenvalue weighted by atomic mass is 10.1. The largest absolute Gasteiger partial charge is 0.270 e. The third-order valence-corrected chi connectivity index (χ3v) is 5.69. The Morgan fingerprint density at radius 3 is 2.57 bits per heavy atom. The van der Waals surface area contributed by atoms with E-state index >= 15 is 0 Å². The van der Waals surface area contributed by atoms with Crippen molar-refractivity contribution in [3.05, 3.63) is 76.5 Å². The lowest BCUT2D eigenvalue weighted by molar-refractivity contribution is -0.113. The second-order valence-electron chi connectivity index (χ2n) is 6.20. The standard InChI is InChI=1S/C20H15FN4OS2/c1-12-17(13(2)25(23-12)15-7-5-14(21)6-8-15)10-18-19(26)24(20(27)28-18)16-4-3-9-22-11-16/h3-11H,1-2H3/b18-10-. The highest BCUT2D eigenvalue weighted by Crippen LogP contribution is 2.36. The van der Waals surface area contributed by atoms with Gasteiger partial charge >= 0.3 is 0 Å². The van der Waals surface area contributed by atoms with E-state index in [1.165, 1.54) is 28.8 Å². The van der Waals surface area contributed by atoms with Crippen molar-refractivity contribution < 1.29 is 9.18 Å². The van der Waals surface area contributed by atoms with E-state index in [2.05, 4.69) is 10.1 Å². The summed E-state index contributed by atoms with van der Waals surface area (Å²) >= 11 is 6.65. The molecular weight excluding hydrogens is 395 g/mol. The van der Waals surface area contributed by atoms with E-state index in [1.807, 2.05) is 19.9 Å². The predicted octanol–water partition coefficient (Wildman–Crippen LogP) is 4.43. The van der Waals surface area contributed by atoms with E-state index in [0.717, 1.165) is 22.6 Å². The molecule has 0 atom stereocenters. The quantitative estimate of drug-likeness (QED) is 0.472. The smallest absolute Gasteiger partial charge is 0.268 e. The Bertz CT molecular complexity index is 1110. The Morgan fingerprint density at radius 1 is 1.14 bits per heavy atom. The van der Waals surface area contributed by atoms with Crippen LogP contribution >= 0.6 is 24.0 Å². The Balaban J connectivity index is 1.71. The number of anilines is 1. The lowest BCUT2D eigenvalue weighted by Crippen LogP contribution is -2.27. The van der Waals surface area contributed by atoms with Gasteiger partial charge in [0.05, 0.1) is 28.2 Å². The fourth-order valence-electron chi connectivity index (χ4n) is 3.00. The summed E-state index contributed by atoms with van der Waals surface area (Å²) in [7, 11) is 0. The first-order valence-corrected chi connectivity index (χ1v) is 9.68. The molecule has 0 N–H and O–H groups in total. The van der Waals surface area contributed by atoms with Crippen molar-refractivity contribution in [2.24, 2.45) is 0 Å². The minimum absolute atomic E-state index is 0.184. The van der Waals surface area contributed by atoms with E-state index in [1.54, 1.807) is 41.3 Å². The first kappa shape index (κ1) is 18.5. The molecule has 3 aromatic rings. The number of hydrogen-bond acceptors (Lipinski definition) is 5. The van der Waals surface area contributed by atoms with Crippen molar-refractivity contribution in [2.45, 2.75) is 13.8 Å². The molecule has 0 saturated carbocycles. The van der Waals surface area contributed by atoms with Crippen LogP contribution in [0.25, 0.3) is 11.8 Å². The van der Waals surface area contributed by atoms with E-state index in [9.17, 15) is 9.18 Å². The third kappa shape index (κ3) is 3.25. The molecule has 0 bridgehead atoms. The van der Waals surface area contributed by atoms with Gasteiger partial charge in [0.25, 0.3) is 5.91 Å². The molecule has 4 rings (SSSR count). The Hall–Kier alpha value is -2.84. The summed E-state index contributed by atoms with van der Waals surface area (Å²) in [6.45, 7) is 3.79. The Kier molecular flexibility index (Phi) is 4.82. The normalized spacial score (nSPS) is 15.7. The molecule has 1 saturated heterocycles. The van der Waals surface area contributed by atoms with Crippen LogP contribution < -0.4 is 4.90 Å². The van der Waals surface area contributed by atoms with Crippen LogP contribution in [0.3, 0.4) is 0 Å². The average Bonchev–Trinajstić information content (AvgIpc) is 3.13. The molecule has 0 spiro atoms. The summed E-state index contributed by atoms with van der Waals surface area (Å²) in [5.74, 6) is -0.485. The highest BCUT2D eigenvalue weighted by atomic mass is 32.2. The summed E-state index contributed by atoms with van der Waals surface area (Å²) in [5, 5.41) is 4.55. The highest BCUT2D eigenvalue weighted by molar-refractivity contribution is 8.27. The van der Waals surface area contributed by atoms with Crippen molar-refractivity contribution in [3.63, 3.8) is 0 Å². The minimum Gasteiger partial charge on any atom is -0.268 e. The first-order valence-electron chi connectivity index (χ1n) is 8.46. The number of thiocarbonyl (C=S) groups is 1. The zero-order valence-corrected chi connectivity index (χ0v) is 16.7. The number of carbonyl (C=O) groups excluding carboxylic acids is 1. The number of nitrogens with zero attached hydrogens (tertiary/aromatic N) is 4. The molecule has 8 heteroatoms. The van der Waals surface area contributed by atoms with Crippen LogP contribution in [0.15, 0.2) is 53.7 Å². The van der Waals surface area contributed by atoms with Gasteiger partial charge in [-0.25, -0.2) is 9.07 Å². The van der Waals surface area contributed by atoms with Gasteiger partial charge in [0.1, 0.15) is 5.82 Å². The summed E-state index contributed by atoms with van der Waals surface area (Å²) in [4.78, 5) is 19.0.